The maximum absolute atomic E-state index is 5.83. The number of pyridine rings is 2. The minimum Gasteiger partial charge on any atom is -0.481 e. The lowest BCUT2D eigenvalue weighted by molar-refractivity contribution is 0.399. The van der Waals surface area contributed by atoms with Crippen molar-refractivity contribution in [3.63, 3.8) is 0 Å². The number of hydrogen-bond donors (Lipinski definition) is 1. The first-order valence-electron chi connectivity index (χ1n) is 4.53. The third-order valence-corrected chi connectivity index (χ3v) is 2.06. The van der Waals surface area contributed by atoms with Gasteiger partial charge in [-0.3, -0.25) is 4.98 Å². The van der Waals surface area contributed by atoms with Crippen molar-refractivity contribution in [2.24, 2.45) is 0 Å². The normalized spacial score (nSPS) is 9.93. The van der Waals surface area contributed by atoms with E-state index in [9.17, 15) is 0 Å². The highest BCUT2D eigenvalue weighted by Crippen LogP contribution is 2.29. The molecule has 0 radical (unpaired) electrons. The fraction of sp³-hybridized carbons (Fsp3) is 0.0909. The van der Waals surface area contributed by atoms with Crippen molar-refractivity contribution in [1.29, 1.82) is 0 Å². The standard InChI is InChI=1S/C11H11N3O/c1-15-11-8(4-2-7-14-11)10-9(12)5-3-6-13-10/h2-7H,12H2,1H3. The molecule has 4 heteroatoms. The highest BCUT2D eigenvalue weighted by molar-refractivity contribution is 5.75. The third kappa shape index (κ3) is 1.74. The van der Waals surface area contributed by atoms with Gasteiger partial charge in [0.2, 0.25) is 5.88 Å². The van der Waals surface area contributed by atoms with Crippen LogP contribution in [-0.2, 0) is 0 Å². The molecule has 0 saturated carbocycles. The van der Waals surface area contributed by atoms with Crippen LogP contribution in [0, 0.1) is 0 Å². The van der Waals surface area contributed by atoms with E-state index in [-0.39, 0.29) is 0 Å². The summed E-state index contributed by atoms with van der Waals surface area (Å²) in [6.45, 7) is 0. The number of methoxy groups -OCH3 is 1. The number of rotatable bonds is 2. The molecule has 0 saturated heterocycles. The van der Waals surface area contributed by atoms with Gasteiger partial charge in [-0.25, -0.2) is 4.98 Å². The van der Waals surface area contributed by atoms with Crippen LogP contribution in [-0.4, -0.2) is 17.1 Å². The number of nitrogens with zero attached hydrogens (tertiary/aromatic N) is 2. The Bertz CT molecular complexity index is 471. The molecule has 2 aromatic heterocycles. The lowest BCUT2D eigenvalue weighted by Gasteiger charge is -2.07. The third-order valence-electron chi connectivity index (χ3n) is 2.06. The summed E-state index contributed by atoms with van der Waals surface area (Å²) in [7, 11) is 1.57. The SMILES string of the molecule is COc1ncccc1-c1ncccc1N. The zero-order valence-electron chi connectivity index (χ0n) is 8.34. The Balaban J connectivity index is 2.59. The second-order valence-corrected chi connectivity index (χ2v) is 3.00. The molecule has 2 N–H and O–H groups in total. The quantitative estimate of drug-likeness (QED) is 0.803. The molecule has 0 aliphatic carbocycles. The lowest BCUT2D eigenvalue weighted by atomic mass is 10.1. The summed E-state index contributed by atoms with van der Waals surface area (Å²) in [6, 6.07) is 7.30. The first kappa shape index (κ1) is 9.45. The Hall–Kier alpha value is -2.10. The smallest absolute Gasteiger partial charge is 0.222 e. The van der Waals surface area contributed by atoms with Crippen LogP contribution in [0.25, 0.3) is 11.3 Å². The van der Waals surface area contributed by atoms with Gasteiger partial charge in [0.15, 0.2) is 0 Å². The molecule has 2 rings (SSSR count). The molecule has 0 aliphatic rings. The first-order valence-corrected chi connectivity index (χ1v) is 4.53. The average Bonchev–Trinajstić information content (AvgIpc) is 2.30. The summed E-state index contributed by atoms with van der Waals surface area (Å²) in [5, 5.41) is 0. The minimum absolute atomic E-state index is 0.530. The molecule has 15 heavy (non-hydrogen) atoms. The predicted molar refractivity (Wildman–Crippen MR) is 58.4 cm³/mol. The summed E-state index contributed by atoms with van der Waals surface area (Å²) in [4.78, 5) is 8.31. The van der Waals surface area contributed by atoms with E-state index < -0.39 is 0 Å². The Morgan fingerprint density at radius 3 is 2.60 bits per heavy atom. The van der Waals surface area contributed by atoms with Gasteiger partial charge in [0.25, 0.3) is 0 Å². The van der Waals surface area contributed by atoms with Crippen molar-refractivity contribution in [2.75, 3.05) is 12.8 Å². The minimum atomic E-state index is 0.530. The summed E-state index contributed by atoms with van der Waals surface area (Å²) in [5.41, 5.74) is 7.95. The number of ether oxygens (including phenoxy) is 1. The van der Waals surface area contributed by atoms with Crippen molar-refractivity contribution in [3.05, 3.63) is 36.7 Å². The van der Waals surface area contributed by atoms with E-state index in [2.05, 4.69) is 9.97 Å². The van der Waals surface area contributed by atoms with Gasteiger partial charge in [-0.05, 0) is 24.3 Å². The molecular formula is C11H11N3O. The van der Waals surface area contributed by atoms with Gasteiger partial charge in [-0.1, -0.05) is 0 Å². The monoisotopic (exact) mass is 201 g/mol. The Labute approximate surface area is 87.7 Å². The number of nitrogen functional groups attached to an aromatic ring is 1. The topological polar surface area (TPSA) is 61.0 Å². The van der Waals surface area contributed by atoms with Crippen LogP contribution >= 0.6 is 0 Å². The number of anilines is 1. The Kier molecular flexibility index (Phi) is 2.49. The van der Waals surface area contributed by atoms with Gasteiger partial charge in [-0.15, -0.1) is 0 Å². The van der Waals surface area contributed by atoms with Crippen LogP contribution in [0.5, 0.6) is 5.88 Å². The van der Waals surface area contributed by atoms with E-state index in [0.717, 1.165) is 5.56 Å². The fourth-order valence-electron chi connectivity index (χ4n) is 1.38. The number of aromatic nitrogens is 2. The number of nitrogens with two attached hydrogens (primary N) is 1. The van der Waals surface area contributed by atoms with Crippen LogP contribution in [0.2, 0.25) is 0 Å². The fourth-order valence-corrected chi connectivity index (χ4v) is 1.38. The van der Waals surface area contributed by atoms with Gasteiger partial charge in [0.05, 0.1) is 24.1 Å². The zero-order chi connectivity index (χ0) is 10.7. The molecule has 0 bridgehead atoms. The van der Waals surface area contributed by atoms with Gasteiger partial charge in [0, 0.05) is 12.4 Å². The van der Waals surface area contributed by atoms with Crippen molar-refractivity contribution in [2.45, 2.75) is 0 Å². The second-order valence-electron chi connectivity index (χ2n) is 3.00. The van der Waals surface area contributed by atoms with E-state index in [1.54, 1.807) is 31.6 Å². The lowest BCUT2D eigenvalue weighted by Crippen LogP contribution is -1.96. The van der Waals surface area contributed by atoms with Gasteiger partial charge in [0.1, 0.15) is 0 Å². The van der Waals surface area contributed by atoms with Crippen LogP contribution in [0.4, 0.5) is 5.69 Å². The molecular weight excluding hydrogens is 190 g/mol. The molecule has 4 nitrogen and oxygen atoms in total. The summed E-state index contributed by atoms with van der Waals surface area (Å²) in [6.07, 6.45) is 3.36. The Morgan fingerprint density at radius 1 is 1.13 bits per heavy atom. The highest BCUT2D eigenvalue weighted by atomic mass is 16.5. The van der Waals surface area contributed by atoms with Crippen LogP contribution < -0.4 is 10.5 Å². The van der Waals surface area contributed by atoms with Gasteiger partial charge >= 0.3 is 0 Å². The maximum Gasteiger partial charge on any atom is 0.222 e. The van der Waals surface area contributed by atoms with E-state index in [0.29, 0.717) is 17.3 Å². The molecule has 0 atom stereocenters. The molecule has 2 heterocycles. The Morgan fingerprint density at radius 2 is 1.87 bits per heavy atom. The predicted octanol–water partition coefficient (Wildman–Crippen LogP) is 1.73. The van der Waals surface area contributed by atoms with Crippen molar-refractivity contribution in [1.82, 2.24) is 9.97 Å². The second kappa shape index (κ2) is 3.96. The van der Waals surface area contributed by atoms with E-state index in [1.807, 2.05) is 12.1 Å². The first-order chi connectivity index (χ1) is 7.33. The van der Waals surface area contributed by atoms with Gasteiger partial charge < -0.3 is 10.5 Å². The van der Waals surface area contributed by atoms with Crippen molar-refractivity contribution in [3.8, 4) is 17.1 Å². The van der Waals surface area contributed by atoms with E-state index >= 15 is 0 Å². The summed E-state index contributed by atoms with van der Waals surface area (Å²) < 4.78 is 5.15. The maximum atomic E-state index is 5.83. The average molecular weight is 201 g/mol. The molecule has 0 aliphatic heterocycles. The summed E-state index contributed by atoms with van der Waals surface area (Å²) in [5.74, 6) is 0.530. The highest BCUT2D eigenvalue weighted by Gasteiger charge is 2.09. The van der Waals surface area contributed by atoms with Crippen molar-refractivity contribution >= 4 is 5.69 Å². The molecule has 0 spiro atoms. The summed E-state index contributed by atoms with van der Waals surface area (Å²) >= 11 is 0. The molecule has 0 fully saturated rings. The zero-order valence-corrected chi connectivity index (χ0v) is 8.34. The molecule has 0 aromatic carbocycles. The van der Waals surface area contributed by atoms with E-state index in [1.165, 1.54) is 0 Å². The van der Waals surface area contributed by atoms with Crippen LogP contribution in [0.1, 0.15) is 0 Å². The molecule has 76 valence electrons. The van der Waals surface area contributed by atoms with Crippen molar-refractivity contribution < 1.29 is 4.74 Å². The molecule has 0 unspecified atom stereocenters. The van der Waals surface area contributed by atoms with Gasteiger partial charge in [-0.2, -0.15) is 0 Å². The van der Waals surface area contributed by atoms with Crippen LogP contribution in [0.3, 0.4) is 0 Å². The van der Waals surface area contributed by atoms with E-state index in [4.69, 9.17) is 10.5 Å². The molecule has 2 aromatic rings. The number of hydrogen-bond acceptors (Lipinski definition) is 4. The van der Waals surface area contributed by atoms with Crippen LogP contribution in [0.15, 0.2) is 36.7 Å². The molecule has 0 amide bonds. The largest absolute Gasteiger partial charge is 0.481 e.